The smallest absolute Gasteiger partial charge is 0.229 e. The predicted molar refractivity (Wildman–Crippen MR) is 97.7 cm³/mol. The topological polar surface area (TPSA) is 72.7 Å². The fraction of sp³-hybridized carbons (Fsp3) is 0.579. The standard InChI is InChI=1S/C19H26N4O3/c1-24-16-8-7-14(10-17(16)25-2)20-15-4-3-9-23(11-15)12-18-21-19(26-22-18)13-5-6-13/h7-8,10,13,15,20H,3-6,9,11-12H2,1-2H3/t15-/m1/s1. The van der Waals surface area contributed by atoms with Gasteiger partial charge in [-0.15, -0.1) is 0 Å². The van der Waals surface area contributed by atoms with Gasteiger partial charge in [0.05, 0.1) is 20.8 Å². The lowest BCUT2D eigenvalue weighted by atomic mass is 10.1. The molecule has 2 aliphatic rings. The van der Waals surface area contributed by atoms with Crippen LogP contribution in [-0.4, -0.2) is 48.4 Å². The number of ether oxygens (including phenoxy) is 2. The molecule has 1 aromatic heterocycles. The minimum atomic E-state index is 0.386. The maximum absolute atomic E-state index is 5.39. The maximum Gasteiger partial charge on any atom is 0.229 e. The van der Waals surface area contributed by atoms with Crippen molar-refractivity contribution in [3.05, 3.63) is 29.9 Å². The molecular formula is C19H26N4O3. The van der Waals surface area contributed by atoms with Gasteiger partial charge in [-0.1, -0.05) is 5.16 Å². The monoisotopic (exact) mass is 358 g/mol. The van der Waals surface area contributed by atoms with Crippen LogP contribution in [0.3, 0.4) is 0 Å². The number of aromatic nitrogens is 2. The molecule has 2 aromatic rings. The van der Waals surface area contributed by atoms with E-state index in [4.69, 9.17) is 14.0 Å². The summed E-state index contributed by atoms with van der Waals surface area (Å²) in [6.07, 6.45) is 4.66. The number of benzene rings is 1. The van der Waals surface area contributed by atoms with Crippen LogP contribution in [0.2, 0.25) is 0 Å². The number of hydrogen-bond donors (Lipinski definition) is 1. The average Bonchev–Trinajstić information content (AvgIpc) is 3.41. The summed E-state index contributed by atoms with van der Waals surface area (Å²) in [5.41, 5.74) is 1.05. The molecule has 0 bridgehead atoms. The summed E-state index contributed by atoms with van der Waals surface area (Å²) in [5, 5.41) is 7.76. The van der Waals surface area contributed by atoms with Gasteiger partial charge in [-0.25, -0.2) is 0 Å². The first-order valence-electron chi connectivity index (χ1n) is 9.28. The van der Waals surface area contributed by atoms with E-state index in [9.17, 15) is 0 Å². The molecule has 7 nitrogen and oxygen atoms in total. The van der Waals surface area contributed by atoms with Crippen LogP contribution in [0.25, 0.3) is 0 Å². The molecule has 1 aliphatic heterocycles. The van der Waals surface area contributed by atoms with Crippen molar-refractivity contribution in [3.8, 4) is 11.5 Å². The molecule has 1 aliphatic carbocycles. The van der Waals surface area contributed by atoms with Crippen molar-refractivity contribution in [2.75, 3.05) is 32.6 Å². The number of anilines is 1. The van der Waals surface area contributed by atoms with Crippen LogP contribution in [0.15, 0.2) is 22.7 Å². The van der Waals surface area contributed by atoms with Crippen molar-refractivity contribution in [1.82, 2.24) is 15.0 Å². The van der Waals surface area contributed by atoms with E-state index in [2.05, 4.69) is 20.4 Å². The Hall–Kier alpha value is -2.28. The molecule has 1 saturated carbocycles. The Bertz CT molecular complexity index is 744. The van der Waals surface area contributed by atoms with Crippen molar-refractivity contribution < 1.29 is 14.0 Å². The molecule has 1 atom stereocenters. The van der Waals surface area contributed by atoms with Crippen LogP contribution in [0, 0.1) is 0 Å². The van der Waals surface area contributed by atoms with E-state index in [1.54, 1.807) is 14.2 Å². The third-order valence-corrected chi connectivity index (χ3v) is 5.04. The first-order valence-corrected chi connectivity index (χ1v) is 9.28. The molecule has 1 N–H and O–H groups in total. The Morgan fingerprint density at radius 1 is 1.19 bits per heavy atom. The van der Waals surface area contributed by atoms with Gasteiger partial charge in [-0.05, 0) is 44.4 Å². The van der Waals surface area contributed by atoms with Crippen LogP contribution in [0.4, 0.5) is 5.69 Å². The van der Waals surface area contributed by atoms with E-state index < -0.39 is 0 Å². The zero-order valence-electron chi connectivity index (χ0n) is 15.4. The molecule has 26 heavy (non-hydrogen) atoms. The molecular weight excluding hydrogens is 332 g/mol. The molecule has 2 heterocycles. The van der Waals surface area contributed by atoms with Crippen molar-refractivity contribution in [1.29, 1.82) is 0 Å². The van der Waals surface area contributed by atoms with E-state index >= 15 is 0 Å². The lowest BCUT2D eigenvalue weighted by Crippen LogP contribution is -2.41. The largest absolute Gasteiger partial charge is 0.493 e. The third kappa shape index (κ3) is 3.93. The van der Waals surface area contributed by atoms with E-state index in [1.165, 1.54) is 12.8 Å². The summed E-state index contributed by atoms with van der Waals surface area (Å²) >= 11 is 0. The van der Waals surface area contributed by atoms with Gasteiger partial charge in [0.25, 0.3) is 0 Å². The predicted octanol–water partition coefficient (Wildman–Crippen LogP) is 3.04. The first-order chi connectivity index (χ1) is 12.7. The van der Waals surface area contributed by atoms with E-state index in [0.717, 1.165) is 61.4 Å². The Morgan fingerprint density at radius 3 is 2.81 bits per heavy atom. The second-order valence-corrected chi connectivity index (χ2v) is 7.11. The van der Waals surface area contributed by atoms with Gasteiger partial charge in [-0.3, -0.25) is 4.90 Å². The fourth-order valence-corrected chi connectivity index (χ4v) is 3.51. The second kappa shape index (κ2) is 7.53. The van der Waals surface area contributed by atoms with Gasteiger partial charge < -0.3 is 19.3 Å². The lowest BCUT2D eigenvalue weighted by molar-refractivity contribution is 0.201. The zero-order valence-corrected chi connectivity index (χ0v) is 15.4. The number of hydrogen-bond acceptors (Lipinski definition) is 7. The van der Waals surface area contributed by atoms with E-state index in [-0.39, 0.29) is 0 Å². The fourth-order valence-electron chi connectivity index (χ4n) is 3.51. The van der Waals surface area contributed by atoms with Crippen molar-refractivity contribution in [2.45, 2.75) is 44.2 Å². The molecule has 2 fully saturated rings. The molecule has 4 rings (SSSR count). The molecule has 0 unspecified atom stereocenters. The molecule has 1 saturated heterocycles. The Balaban J connectivity index is 1.35. The third-order valence-electron chi connectivity index (χ3n) is 5.04. The van der Waals surface area contributed by atoms with Crippen LogP contribution in [-0.2, 0) is 6.54 Å². The van der Waals surface area contributed by atoms with E-state index in [0.29, 0.717) is 12.0 Å². The highest BCUT2D eigenvalue weighted by molar-refractivity contribution is 5.55. The molecule has 0 spiro atoms. The van der Waals surface area contributed by atoms with Gasteiger partial charge >= 0.3 is 0 Å². The highest BCUT2D eigenvalue weighted by Gasteiger charge is 2.30. The minimum absolute atomic E-state index is 0.386. The SMILES string of the molecule is COc1ccc(N[C@@H]2CCCN(Cc3noc(C4CC4)n3)C2)cc1OC. The quantitative estimate of drug-likeness (QED) is 0.815. The van der Waals surface area contributed by atoms with Gasteiger partial charge in [-0.2, -0.15) is 4.98 Å². The highest BCUT2D eigenvalue weighted by atomic mass is 16.5. The molecule has 0 radical (unpaired) electrons. The summed E-state index contributed by atoms with van der Waals surface area (Å²) < 4.78 is 16.1. The number of rotatable bonds is 7. The summed E-state index contributed by atoms with van der Waals surface area (Å²) in [5.74, 6) is 3.62. The zero-order chi connectivity index (χ0) is 17.9. The summed E-state index contributed by atoms with van der Waals surface area (Å²) in [6.45, 7) is 2.78. The first kappa shape index (κ1) is 17.1. The number of nitrogens with one attached hydrogen (secondary N) is 1. The summed E-state index contributed by atoms with van der Waals surface area (Å²) in [6, 6.07) is 6.33. The molecule has 7 heteroatoms. The average molecular weight is 358 g/mol. The number of likely N-dealkylation sites (tertiary alicyclic amines) is 1. The molecule has 0 amide bonds. The van der Waals surface area contributed by atoms with E-state index in [1.807, 2.05) is 18.2 Å². The number of nitrogens with zero attached hydrogens (tertiary/aromatic N) is 3. The van der Waals surface area contributed by atoms with Crippen LogP contribution < -0.4 is 14.8 Å². The Morgan fingerprint density at radius 2 is 2.04 bits per heavy atom. The molecule has 140 valence electrons. The Kier molecular flexibility index (Phi) is 4.97. The maximum atomic E-state index is 5.39. The van der Waals surface area contributed by atoms with Crippen molar-refractivity contribution in [3.63, 3.8) is 0 Å². The normalized spacial score (nSPS) is 20.8. The van der Waals surface area contributed by atoms with Crippen LogP contribution in [0.5, 0.6) is 11.5 Å². The van der Waals surface area contributed by atoms with Crippen molar-refractivity contribution in [2.24, 2.45) is 0 Å². The number of piperidine rings is 1. The summed E-state index contributed by atoms with van der Waals surface area (Å²) in [7, 11) is 3.31. The van der Waals surface area contributed by atoms with Crippen molar-refractivity contribution >= 4 is 5.69 Å². The van der Waals surface area contributed by atoms with Gasteiger partial charge in [0.2, 0.25) is 5.89 Å². The van der Waals surface area contributed by atoms with Crippen LogP contribution in [0.1, 0.15) is 43.3 Å². The van der Waals surface area contributed by atoms with Crippen LogP contribution >= 0.6 is 0 Å². The second-order valence-electron chi connectivity index (χ2n) is 7.11. The highest BCUT2D eigenvalue weighted by Crippen LogP contribution is 2.39. The minimum Gasteiger partial charge on any atom is -0.493 e. The van der Waals surface area contributed by atoms with Gasteiger partial charge in [0.1, 0.15) is 0 Å². The molecule has 1 aromatic carbocycles. The Labute approximate surface area is 153 Å². The van der Waals surface area contributed by atoms with Gasteiger partial charge in [0.15, 0.2) is 17.3 Å². The number of methoxy groups -OCH3 is 2. The lowest BCUT2D eigenvalue weighted by Gasteiger charge is -2.33. The van der Waals surface area contributed by atoms with Gasteiger partial charge in [0, 0.05) is 30.3 Å². The summed E-state index contributed by atoms with van der Waals surface area (Å²) in [4.78, 5) is 6.94.